The van der Waals surface area contributed by atoms with Crippen LogP contribution in [0.1, 0.15) is 92.5 Å². The fourth-order valence-corrected chi connectivity index (χ4v) is 5.83. The van der Waals surface area contributed by atoms with E-state index in [-0.39, 0.29) is 29.6 Å². The van der Waals surface area contributed by atoms with Gasteiger partial charge in [-0.1, -0.05) is 51.9 Å². The standard InChI is InChI=1S/C27H33N3O4S/c1-16(2)12-27(25(32)33)13-20(22-11-17(3)29-34-22)23(21-14-35-15-28-21)30(27)24(31)18-7-9-19(10-8-18)26(4,5)6/h7-11,14-16,20,23H,12-13H2,1-6H3,(H,32,33)/t20-,23+,27-/m0/s1. The van der Waals surface area contributed by atoms with Crippen molar-refractivity contribution in [3.63, 3.8) is 0 Å². The van der Waals surface area contributed by atoms with Crippen molar-refractivity contribution in [1.29, 1.82) is 0 Å². The summed E-state index contributed by atoms with van der Waals surface area (Å²) in [5.74, 6) is -1.08. The first-order valence-electron chi connectivity index (χ1n) is 11.9. The van der Waals surface area contributed by atoms with Crippen molar-refractivity contribution in [2.45, 2.75) is 77.3 Å². The monoisotopic (exact) mass is 495 g/mol. The highest BCUT2D eigenvalue weighted by Gasteiger charge is 2.60. The number of carboxylic acid groups (broad SMARTS) is 1. The molecular weight excluding hydrogens is 462 g/mol. The van der Waals surface area contributed by atoms with Crippen LogP contribution < -0.4 is 0 Å². The zero-order valence-corrected chi connectivity index (χ0v) is 21.9. The number of hydrogen-bond acceptors (Lipinski definition) is 6. The third-order valence-electron chi connectivity index (χ3n) is 6.80. The largest absolute Gasteiger partial charge is 0.479 e. The van der Waals surface area contributed by atoms with Crippen molar-refractivity contribution in [3.8, 4) is 0 Å². The molecule has 186 valence electrons. The first-order chi connectivity index (χ1) is 16.4. The lowest BCUT2D eigenvalue weighted by Crippen LogP contribution is -2.54. The first-order valence-corrected chi connectivity index (χ1v) is 12.9. The summed E-state index contributed by atoms with van der Waals surface area (Å²) in [5, 5.41) is 16.6. The molecule has 4 rings (SSSR count). The average molecular weight is 496 g/mol. The number of rotatable bonds is 6. The maximum Gasteiger partial charge on any atom is 0.329 e. The molecule has 0 bridgehead atoms. The molecule has 1 aliphatic rings. The number of benzene rings is 1. The summed E-state index contributed by atoms with van der Waals surface area (Å²) in [6.07, 6.45) is 0.543. The van der Waals surface area contributed by atoms with Crippen molar-refractivity contribution in [2.24, 2.45) is 5.92 Å². The van der Waals surface area contributed by atoms with Crippen LogP contribution in [0.4, 0.5) is 0 Å². The molecule has 0 aliphatic carbocycles. The number of nitrogens with zero attached hydrogens (tertiary/aromatic N) is 3. The van der Waals surface area contributed by atoms with Crippen LogP contribution in [0, 0.1) is 12.8 Å². The van der Waals surface area contributed by atoms with Crippen LogP contribution in [-0.4, -0.2) is 37.6 Å². The van der Waals surface area contributed by atoms with E-state index >= 15 is 0 Å². The van der Waals surface area contributed by atoms with E-state index in [0.29, 0.717) is 29.1 Å². The third kappa shape index (κ3) is 4.63. The van der Waals surface area contributed by atoms with Gasteiger partial charge in [0.25, 0.3) is 5.91 Å². The summed E-state index contributed by atoms with van der Waals surface area (Å²) in [5.41, 5.74) is 3.19. The van der Waals surface area contributed by atoms with E-state index in [4.69, 9.17) is 4.52 Å². The van der Waals surface area contributed by atoms with Crippen molar-refractivity contribution >= 4 is 23.2 Å². The molecule has 0 saturated carbocycles. The number of aliphatic carboxylic acids is 1. The third-order valence-corrected chi connectivity index (χ3v) is 7.41. The molecule has 0 radical (unpaired) electrons. The van der Waals surface area contributed by atoms with Crippen LogP contribution in [0.5, 0.6) is 0 Å². The number of aromatic nitrogens is 2. The van der Waals surface area contributed by atoms with Crippen LogP contribution in [0.2, 0.25) is 0 Å². The molecule has 3 heterocycles. The molecule has 35 heavy (non-hydrogen) atoms. The van der Waals surface area contributed by atoms with Gasteiger partial charge in [-0.3, -0.25) is 4.79 Å². The lowest BCUT2D eigenvalue weighted by molar-refractivity contribution is -0.150. The van der Waals surface area contributed by atoms with E-state index in [1.54, 1.807) is 22.5 Å². The van der Waals surface area contributed by atoms with Gasteiger partial charge in [0.05, 0.1) is 22.9 Å². The molecule has 1 aromatic carbocycles. The highest BCUT2D eigenvalue weighted by atomic mass is 32.1. The molecule has 1 amide bonds. The van der Waals surface area contributed by atoms with E-state index in [1.807, 2.05) is 44.4 Å². The van der Waals surface area contributed by atoms with Crippen LogP contribution in [0.15, 0.2) is 45.7 Å². The van der Waals surface area contributed by atoms with Gasteiger partial charge in [-0.2, -0.15) is 0 Å². The van der Waals surface area contributed by atoms with Crippen molar-refractivity contribution in [1.82, 2.24) is 15.0 Å². The topological polar surface area (TPSA) is 96.5 Å². The molecule has 8 heteroatoms. The molecule has 1 saturated heterocycles. The Labute approximate surface area is 210 Å². The first kappa shape index (κ1) is 25.1. The summed E-state index contributed by atoms with van der Waals surface area (Å²) in [4.78, 5) is 33.3. The van der Waals surface area contributed by atoms with Crippen LogP contribution >= 0.6 is 11.3 Å². The lowest BCUT2D eigenvalue weighted by atomic mass is 9.83. The quantitative estimate of drug-likeness (QED) is 0.452. The second-order valence-corrected chi connectivity index (χ2v) is 11.7. The highest BCUT2D eigenvalue weighted by Crippen LogP contribution is 2.54. The average Bonchev–Trinajstić information content (AvgIpc) is 3.51. The minimum atomic E-state index is -1.41. The summed E-state index contributed by atoms with van der Waals surface area (Å²) < 4.78 is 5.64. The Hall–Kier alpha value is -3.00. The van der Waals surface area contributed by atoms with Gasteiger partial charge in [-0.05, 0) is 48.8 Å². The molecule has 7 nitrogen and oxygen atoms in total. The number of likely N-dealkylation sites (tertiary alicyclic amines) is 1. The highest BCUT2D eigenvalue weighted by molar-refractivity contribution is 7.07. The zero-order chi connectivity index (χ0) is 25.5. The van der Waals surface area contributed by atoms with Crippen molar-refractivity contribution < 1.29 is 19.2 Å². The smallest absolute Gasteiger partial charge is 0.329 e. The molecule has 3 aromatic rings. The minimum Gasteiger partial charge on any atom is -0.479 e. The number of carbonyl (C=O) groups excluding carboxylic acids is 1. The second-order valence-electron chi connectivity index (χ2n) is 11.0. The minimum absolute atomic E-state index is 0.0518. The fourth-order valence-electron chi connectivity index (χ4n) is 5.25. The molecule has 2 aromatic heterocycles. The van der Waals surface area contributed by atoms with Gasteiger partial charge in [0.2, 0.25) is 0 Å². The number of thiazole rings is 1. The molecule has 1 N–H and O–H groups in total. The maximum absolute atomic E-state index is 14.2. The van der Waals surface area contributed by atoms with Crippen LogP contribution in [0.3, 0.4) is 0 Å². The van der Waals surface area contributed by atoms with E-state index in [0.717, 1.165) is 5.56 Å². The van der Waals surface area contributed by atoms with E-state index in [1.165, 1.54) is 11.3 Å². The van der Waals surface area contributed by atoms with Gasteiger partial charge in [-0.25, -0.2) is 9.78 Å². The van der Waals surface area contributed by atoms with Crippen molar-refractivity contribution in [2.75, 3.05) is 0 Å². The Morgan fingerprint density at radius 3 is 2.43 bits per heavy atom. The van der Waals surface area contributed by atoms with Gasteiger partial charge in [0, 0.05) is 22.9 Å². The number of aryl methyl sites for hydroxylation is 1. The van der Waals surface area contributed by atoms with Crippen molar-refractivity contribution in [3.05, 3.63) is 69.5 Å². The Bertz CT molecular complexity index is 1190. The number of carbonyl (C=O) groups is 2. The lowest BCUT2D eigenvalue weighted by Gasteiger charge is -2.39. The second kappa shape index (κ2) is 9.22. The predicted molar refractivity (Wildman–Crippen MR) is 135 cm³/mol. The maximum atomic E-state index is 14.2. The van der Waals surface area contributed by atoms with Crippen LogP contribution in [0.25, 0.3) is 0 Å². The molecular formula is C27H33N3O4S. The molecule has 1 aliphatic heterocycles. The SMILES string of the molecule is Cc1cc([C@@H]2C[C@@](CC(C)C)(C(=O)O)N(C(=O)c3ccc(C(C)(C)C)cc3)[C@H]2c2cscn2)on1. The van der Waals surface area contributed by atoms with Gasteiger partial charge in [0.15, 0.2) is 0 Å². The zero-order valence-electron chi connectivity index (χ0n) is 21.1. The van der Waals surface area contributed by atoms with Gasteiger partial charge in [-0.15, -0.1) is 11.3 Å². The van der Waals surface area contributed by atoms with E-state index < -0.39 is 17.6 Å². The Kier molecular flexibility index (Phi) is 6.62. The Morgan fingerprint density at radius 1 is 1.26 bits per heavy atom. The van der Waals surface area contributed by atoms with Gasteiger partial charge >= 0.3 is 5.97 Å². The number of hydrogen-bond donors (Lipinski definition) is 1. The summed E-state index contributed by atoms with van der Waals surface area (Å²) in [6.45, 7) is 12.1. The normalized spacial score (nSPS) is 22.7. The van der Waals surface area contributed by atoms with Crippen LogP contribution in [-0.2, 0) is 10.2 Å². The summed E-state index contributed by atoms with van der Waals surface area (Å²) in [7, 11) is 0. The molecule has 3 atom stereocenters. The fraction of sp³-hybridized carbons (Fsp3) is 0.481. The molecule has 0 unspecified atom stereocenters. The predicted octanol–water partition coefficient (Wildman–Crippen LogP) is 5.98. The van der Waals surface area contributed by atoms with Gasteiger partial charge < -0.3 is 14.5 Å². The summed E-state index contributed by atoms with van der Waals surface area (Å²) >= 11 is 1.42. The molecule has 0 spiro atoms. The van der Waals surface area contributed by atoms with E-state index in [9.17, 15) is 14.7 Å². The van der Waals surface area contributed by atoms with Gasteiger partial charge in [0.1, 0.15) is 11.3 Å². The Morgan fingerprint density at radius 2 is 1.94 bits per heavy atom. The summed E-state index contributed by atoms with van der Waals surface area (Å²) in [6, 6.07) is 8.74. The number of amides is 1. The molecule has 1 fully saturated rings. The number of carboxylic acids is 1. The Balaban J connectivity index is 1.89. The van der Waals surface area contributed by atoms with E-state index in [2.05, 4.69) is 30.9 Å².